The smallest absolute Gasteiger partial charge is 0.282 e. The molecule has 1 aliphatic carbocycles. The first kappa shape index (κ1) is 15.7. The summed E-state index contributed by atoms with van der Waals surface area (Å²) in [7, 11) is -3.48. The molecule has 0 amide bonds. The van der Waals surface area contributed by atoms with Crippen LogP contribution in [0.4, 0.5) is 0 Å². The van der Waals surface area contributed by atoms with Gasteiger partial charge in [-0.3, -0.25) is 5.41 Å². The predicted molar refractivity (Wildman–Crippen MR) is 79.8 cm³/mol. The fourth-order valence-corrected chi connectivity index (χ4v) is 4.98. The van der Waals surface area contributed by atoms with E-state index in [0.29, 0.717) is 19.0 Å². The van der Waals surface area contributed by atoms with Crippen molar-refractivity contribution in [2.24, 2.45) is 11.7 Å². The highest BCUT2D eigenvalue weighted by molar-refractivity contribution is 7.86. The monoisotopic (exact) mass is 302 g/mol. The van der Waals surface area contributed by atoms with Gasteiger partial charge in [-0.05, 0) is 31.6 Å². The van der Waals surface area contributed by atoms with Gasteiger partial charge in [-0.25, -0.2) is 0 Å². The van der Waals surface area contributed by atoms with Gasteiger partial charge in [0.25, 0.3) is 10.2 Å². The number of amidine groups is 1. The summed E-state index contributed by atoms with van der Waals surface area (Å²) in [6.45, 7) is 3.36. The Morgan fingerprint density at radius 1 is 1.25 bits per heavy atom. The molecule has 1 saturated heterocycles. The molecule has 0 radical (unpaired) electrons. The molecular formula is C13H26N4O2S. The van der Waals surface area contributed by atoms with Crippen molar-refractivity contribution in [2.45, 2.75) is 51.5 Å². The number of rotatable bonds is 5. The highest BCUT2D eigenvalue weighted by Crippen LogP contribution is 2.28. The summed E-state index contributed by atoms with van der Waals surface area (Å²) in [6, 6.07) is 0.0169. The van der Waals surface area contributed by atoms with Gasteiger partial charge in [0.1, 0.15) is 5.84 Å². The quantitative estimate of drug-likeness (QED) is 0.589. The molecule has 0 bridgehead atoms. The van der Waals surface area contributed by atoms with E-state index in [1.165, 1.54) is 4.31 Å². The van der Waals surface area contributed by atoms with Gasteiger partial charge in [0.2, 0.25) is 0 Å². The van der Waals surface area contributed by atoms with Crippen molar-refractivity contribution >= 4 is 16.0 Å². The van der Waals surface area contributed by atoms with Crippen LogP contribution in [0.3, 0.4) is 0 Å². The Kier molecular flexibility index (Phi) is 5.04. The zero-order valence-corrected chi connectivity index (χ0v) is 13.0. The third kappa shape index (κ3) is 3.51. The maximum Gasteiger partial charge on any atom is 0.282 e. The number of nitrogens with two attached hydrogens (primary N) is 1. The molecular weight excluding hydrogens is 276 g/mol. The fraction of sp³-hybridized carbons (Fsp3) is 0.923. The molecule has 3 N–H and O–H groups in total. The normalized spacial score (nSPS) is 23.5. The number of hydrogen-bond donors (Lipinski definition) is 2. The molecule has 0 atom stereocenters. The van der Waals surface area contributed by atoms with Gasteiger partial charge < -0.3 is 5.73 Å². The van der Waals surface area contributed by atoms with E-state index in [2.05, 4.69) is 6.92 Å². The van der Waals surface area contributed by atoms with Crippen LogP contribution in [0.25, 0.3) is 0 Å². The second-order valence-corrected chi connectivity index (χ2v) is 7.98. The molecule has 0 unspecified atom stereocenters. The molecule has 1 heterocycles. The van der Waals surface area contributed by atoms with E-state index in [9.17, 15) is 8.42 Å². The van der Waals surface area contributed by atoms with Crippen molar-refractivity contribution in [3.63, 3.8) is 0 Å². The van der Waals surface area contributed by atoms with E-state index < -0.39 is 10.2 Å². The molecule has 1 aliphatic heterocycles. The Hall–Kier alpha value is -0.660. The Bertz CT molecular complexity index is 437. The number of nitrogens with zero attached hydrogens (tertiary/aromatic N) is 2. The van der Waals surface area contributed by atoms with Gasteiger partial charge in [0.15, 0.2) is 0 Å². The minimum absolute atomic E-state index is 0.0169. The van der Waals surface area contributed by atoms with Gasteiger partial charge in [0, 0.05) is 19.1 Å². The summed E-state index contributed by atoms with van der Waals surface area (Å²) in [5, 5.41) is 7.47. The maximum atomic E-state index is 12.8. The molecule has 0 aromatic rings. The molecule has 2 fully saturated rings. The number of nitrogens with one attached hydrogen (secondary N) is 1. The first-order chi connectivity index (χ1) is 9.41. The fourth-order valence-electron chi connectivity index (χ4n) is 3.12. The summed E-state index contributed by atoms with van der Waals surface area (Å²) in [6.07, 6.45) is 5.72. The molecule has 7 heteroatoms. The highest BCUT2D eigenvalue weighted by Gasteiger charge is 2.37. The van der Waals surface area contributed by atoms with E-state index >= 15 is 0 Å². The average Bonchev–Trinajstić information content (AvgIpc) is 2.89. The number of piperidine rings is 1. The molecule has 20 heavy (non-hydrogen) atoms. The standard InChI is InChI=1S/C13H26N4O2S/c1-11-6-8-16(9-7-11)20(18,19)17(10-13(14)15)12-4-2-3-5-12/h11-12H,2-10H2,1H3,(H3,14,15). The van der Waals surface area contributed by atoms with Crippen LogP contribution in [-0.4, -0.2) is 48.5 Å². The Morgan fingerprint density at radius 3 is 2.30 bits per heavy atom. The molecule has 0 aromatic carbocycles. The van der Waals surface area contributed by atoms with Gasteiger partial charge in [-0.15, -0.1) is 0 Å². The zero-order chi connectivity index (χ0) is 14.8. The molecule has 0 spiro atoms. The number of hydrogen-bond acceptors (Lipinski definition) is 3. The van der Waals surface area contributed by atoms with Crippen LogP contribution in [0.15, 0.2) is 0 Å². The average molecular weight is 302 g/mol. The van der Waals surface area contributed by atoms with Crippen LogP contribution < -0.4 is 5.73 Å². The van der Waals surface area contributed by atoms with E-state index in [1.807, 2.05) is 0 Å². The minimum atomic E-state index is -3.48. The van der Waals surface area contributed by atoms with Crippen molar-refractivity contribution < 1.29 is 8.42 Å². The zero-order valence-electron chi connectivity index (χ0n) is 12.2. The maximum absolute atomic E-state index is 12.8. The summed E-state index contributed by atoms with van der Waals surface area (Å²) in [5.41, 5.74) is 5.47. The van der Waals surface area contributed by atoms with Crippen LogP contribution in [-0.2, 0) is 10.2 Å². The Labute approximate surface area is 122 Å². The van der Waals surface area contributed by atoms with Gasteiger partial charge >= 0.3 is 0 Å². The third-order valence-corrected chi connectivity index (χ3v) is 6.46. The van der Waals surface area contributed by atoms with Gasteiger partial charge in [-0.2, -0.15) is 17.0 Å². The lowest BCUT2D eigenvalue weighted by molar-refractivity contribution is 0.253. The lowest BCUT2D eigenvalue weighted by Gasteiger charge is -2.36. The predicted octanol–water partition coefficient (Wildman–Crippen LogP) is 1.14. The van der Waals surface area contributed by atoms with Crippen LogP contribution in [0.1, 0.15) is 45.4 Å². The summed E-state index contributed by atoms with van der Waals surface area (Å²) in [4.78, 5) is 0. The molecule has 2 rings (SSSR count). The van der Waals surface area contributed by atoms with Crippen LogP contribution in [0, 0.1) is 11.3 Å². The second kappa shape index (κ2) is 6.41. The van der Waals surface area contributed by atoms with Gasteiger partial charge in [0.05, 0.1) is 6.54 Å². The first-order valence-electron chi connectivity index (χ1n) is 7.51. The van der Waals surface area contributed by atoms with Crippen LogP contribution in [0.5, 0.6) is 0 Å². The Balaban J connectivity index is 2.15. The first-order valence-corrected chi connectivity index (χ1v) is 8.90. The van der Waals surface area contributed by atoms with E-state index in [1.54, 1.807) is 4.31 Å². The molecule has 0 aromatic heterocycles. The molecule has 116 valence electrons. The summed E-state index contributed by atoms with van der Waals surface area (Å²) < 4.78 is 28.7. The van der Waals surface area contributed by atoms with E-state index in [0.717, 1.165) is 38.5 Å². The van der Waals surface area contributed by atoms with E-state index in [4.69, 9.17) is 11.1 Å². The topological polar surface area (TPSA) is 90.5 Å². The molecule has 6 nitrogen and oxygen atoms in total. The van der Waals surface area contributed by atoms with Crippen molar-refractivity contribution in [1.82, 2.24) is 8.61 Å². The van der Waals surface area contributed by atoms with Crippen molar-refractivity contribution in [2.75, 3.05) is 19.6 Å². The molecule has 2 aliphatic rings. The van der Waals surface area contributed by atoms with Crippen LogP contribution >= 0.6 is 0 Å². The summed E-state index contributed by atoms with van der Waals surface area (Å²) >= 11 is 0. The van der Waals surface area contributed by atoms with Crippen molar-refractivity contribution in [1.29, 1.82) is 5.41 Å². The lowest BCUT2D eigenvalue weighted by Crippen LogP contribution is -2.52. The van der Waals surface area contributed by atoms with Crippen LogP contribution in [0.2, 0.25) is 0 Å². The summed E-state index contributed by atoms with van der Waals surface area (Å²) in [5.74, 6) is 0.514. The lowest BCUT2D eigenvalue weighted by atomic mass is 10.0. The van der Waals surface area contributed by atoms with Crippen molar-refractivity contribution in [3.8, 4) is 0 Å². The van der Waals surface area contributed by atoms with E-state index in [-0.39, 0.29) is 18.4 Å². The SMILES string of the molecule is CC1CCN(S(=O)(=O)N(CC(=N)N)C2CCCC2)CC1. The third-order valence-electron chi connectivity index (χ3n) is 4.42. The second-order valence-electron chi connectivity index (χ2n) is 6.10. The minimum Gasteiger partial charge on any atom is -0.387 e. The molecule has 1 saturated carbocycles. The van der Waals surface area contributed by atoms with Gasteiger partial charge in [-0.1, -0.05) is 19.8 Å². The highest BCUT2D eigenvalue weighted by atomic mass is 32.2. The largest absolute Gasteiger partial charge is 0.387 e. The Morgan fingerprint density at radius 2 is 1.80 bits per heavy atom. The van der Waals surface area contributed by atoms with Crippen molar-refractivity contribution in [3.05, 3.63) is 0 Å².